The van der Waals surface area contributed by atoms with Gasteiger partial charge in [-0.3, -0.25) is 0 Å². The molecular formula is C74H92. The number of hydrogen-bond acceptors (Lipinski definition) is 0. The molecule has 0 spiro atoms. The molecular weight excluding hydrogens is 889 g/mol. The van der Waals surface area contributed by atoms with E-state index in [1.54, 1.807) is 0 Å². The van der Waals surface area contributed by atoms with Crippen molar-refractivity contribution in [2.45, 2.75) is 138 Å². The van der Waals surface area contributed by atoms with Gasteiger partial charge in [0.2, 0.25) is 0 Å². The Kier molecular flexibility index (Phi) is 28.7. The third-order valence-corrected chi connectivity index (χ3v) is 13.0. The van der Waals surface area contributed by atoms with E-state index in [1.165, 1.54) is 120 Å². The van der Waals surface area contributed by atoms with Gasteiger partial charge in [0.1, 0.15) is 0 Å². The van der Waals surface area contributed by atoms with Crippen LogP contribution in [0.15, 0.2) is 194 Å². The molecule has 0 N–H and O–H groups in total. The fraction of sp³-hybridized carbons (Fsp3) is 0.270. The van der Waals surface area contributed by atoms with Crippen molar-refractivity contribution in [3.63, 3.8) is 0 Å². The zero-order valence-electron chi connectivity index (χ0n) is 49.5. The Morgan fingerprint density at radius 3 is 0.784 bits per heavy atom. The molecule has 0 saturated heterocycles. The van der Waals surface area contributed by atoms with Crippen molar-refractivity contribution < 1.29 is 0 Å². The number of fused-ring (bicyclic) bond motifs is 6. The number of rotatable bonds is 0. The van der Waals surface area contributed by atoms with Crippen molar-refractivity contribution in [1.82, 2.24) is 0 Å². The predicted octanol–water partition coefficient (Wildman–Crippen LogP) is 23.6. The average Bonchev–Trinajstić information content (AvgIpc) is 3.45. The van der Waals surface area contributed by atoms with Crippen molar-refractivity contribution in [3.05, 3.63) is 250 Å². The average molecular weight is 982 g/mol. The summed E-state index contributed by atoms with van der Waals surface area (Å²) in [5.41, 5.74) is 13.7. The van der Waals surface area contributed by atoms with Crippen LogP contribution in [0.1, 0.15) is 125 Å². The van der Waals surface area contributed by atoms with E-state index in [-0.39, 0.29) is 0 Å². The Morgan fingerprint density at radius 1 is 0.162 bits per heavy atom. The van der Waals surface area contributed by atoms with E-state index in [2.05, 4.69) is 263 Å². The molecule has 0 nitrogen and oxygen atoms in total. The predicted molar refractivity (Wildman–Crippen MR) is 341 cm³/mol. The third-order valence-electron chi connectivity index (χ3n) is 13.0. The highest BCUT2D eigenvalue weighted by Gasteiger charge is 2.03. The van der Waals surface area contributed by atoms with E-state index >= 15 is 0 Å². The van der Waals surface area contributed by atoms with Crippen LogP contribution in [0.5, 0.6) is 0 Å². The lowest BCUT2D eigenvalue weighted by molar-refractivity contribution is 1.34. The molecule has 0 bridgehead atoms. The molecule has 0 aliphatic rings. The summed E-state index contributed by atoms with van der Waals surface area (Å²) in [6.07, 6.45) is 0. The van der Waals surface area contributed by atoms with Crippen LogP contribution in [0.3, 0.4) is 0 Å². The van der Waals surface area contributed by atoms with Gasteiger partial charge in [0.25, 0.3) is 0 Å². The third kappa shape index (κ3) is 17.9. The molecule has 0 fully saturated rings. The number of hydrogen-bond donors (Lipinski definition) is 0. The van der Waals surface area contributed by atoms with Gasteiger partial charge >= 0.3 is 0 Å². The lowest BCUT2D eigenvalue weighted by Crippen LogP contribution is -1.84. The Hall–Kier alpha value is -7.02. The van der Waals surface area contributed by atoms with Crippen molar-refractivity contribution >= 4 is 64.6 Å². The number of benzene rings is 11. The molecule has 0 aliphatic carbocycles. The first-order chi connectivity index (χ1) is 35.9. The van der Waals surface area contributed by atoms with Gasteiger partial charge in [0.15, 0.2) is 0 Å². The SMILES string of the molecule is CC.CC.CC.CC.CC.Cc1cc2cc3ccccc3cc2cc1C.Cc1cc2ccccc2cc1C.Cc1ccc2cc3ccccc3cc2c1C.Cc1ccc2ccccc2c1C.Cc1ccccc1C. The second-order valence-corrected chi connectivity index (χ2v) is 17.5. The summed E-state index contributed by atoms with van der Waals surface area (Å²) in [5.74, 6) is 0. The minimum absolute atomic E-state index is 1.32. The normalized spacial score (nSPS) is 9.62. The lowest BCUT2D eigenvalue weighted by Gasteiger charge is -2.07. The summed E-state index contributed by atoms with van der Waals surface area (Å²) >= 11 is 0. The van der Waals surface area contributed by atoms with Crippen molar-refractivity contribution in [1.29, 1.82) is 0 Å². The van der Waals surface area contributed by atoms with E-state index in [4.69, 9.17) is 0 Å². The van der Waals surface area contributed by atoms with Crippen molar-refractivity contribution in [2.75, 3.05) is 0 Å². The molecule has 11 rings (SSSR count). The first kappa shape index (κ1) is 63.1. The van der Waals surface area contributed by atoms with Gasteiger partial charge in [-0.15, -0.1) is 0 Å². The Labute approximate surface area is 450 Å². The van der Waals surface area contributed by atoms with Gasteiger partial charge in [-0.2, -0.15) is 0 Å². The van der Waals surface area contributed by atoms with Gasteiger partial charge in [-0.1, -0.05) is 239 Å². The Balaban J connectivity index is 0.000000308. The van der Waals surface area contributed by atoms with Crippen LogP contribution >= 0.6 is 0 Å². The molecule has 0 radical (unpaired) electrons. The second kappa shape index (κ2) is 33.7. The van der Waals surface area contributed by atoms with E-state index in [0.717, 1.165) is 0 Å². The zero-order valence-corrected chi connectivity index (χ0v) is 49.5. The first-order valence-electron chi connectivity index (χ1n) is 27.6. The first-order valence-corrected chi connectivity index (χ1v) is 27.6. The van der Waals surface area contributed by atoms with Crippen molar-refractivity contribution in [2.24, 2.45) is 0 Å². The minimum atomic E-state index is 1.32. The van der Waals surface area contributed by atoms with Crippen LogP contribution in [0.4, 0.5) is 0 Å². The largest absolute Gasteiger partial charge is 0.0683 e. The molecule has 0 aliphatic heterocycles. The van der Waals surface area contributed by atoms with Gasteiger partial charge in [-0.25, -0.2) is 0 Å². The second-order valence-electron chi connectivity index (χ2n) is 17.5. The molecule has 0 aromatic heterocycles. The summed E-state index contributed by atoms with van der Waals surface area (Å²) in [4.78, 5) is 0. The highest BCUT2D eigenvalue weighted by Crippen LogP contribution is 2.28. The Morgan fingerprint density at radius 2 is 0.419 bits per heavy atom. The van der Waals surface area contributed by atoms with Crippen LogP contribution in [0, 0.1) is 69.2 Å². The summed E-state index contributed by atoms with van der Waals surface area (Å²) in [5, 5.41) is 16.0. The zero-order chi connectivity index (χ0) is 55.3. The molecule has 11 aromatic rings. The van der Waals surface area contributed by atoms with Gasteiger partial charge in [0.05, 0.1) is 0 Å². The topological polar surface area (TPSA) is 0 Å². The summed E-state index contributed by atoms with van der Waals surface area (Å²) < 4.78 is 0. The fourth-order valence-corrected chi connectivity index (χ4v) is 8.16. The molecule has 74 heavy (non-hydrogen) atoms. The molecule has 0 unspecified atom stereocenters. The molecule has 0 amide bonds. The lowest BCUT2D eigenvalue weighted by atomic mass is 9.97. The summed E-state index contributed by atoms with van der Waals surface area (Å²) in [6, 6.07) is 69.3. The van der Waals surface area contributed by atoms with E-state index in [0.29, 0.717) is 0 Å². The smallest absolute Gasteiger partial charge is 0.0146 e. The van der Waals surface area contributed by atoms with Gasteiger partial charge in [0, 0.05) is 0 Å². The standard InChI is InChI=1S/2C16H14.2C12H12.C8H10.5C2H6/c1-11-7-15-9-13-5-3-4-6-14(13)10-16(15)8-12(11)2;1-11-7-8-15-9-13-5-3-4-6-14(13)10-16(15)12(11)2;1-9-7-11-5-3-4-6-12(11)8-10(9)2;1-9-7-8-11-5-3-4-6-12(11)10(9)2;1-7-5-3-4-6-8(7)2;5*1-2/h2*3-10H,1-2H3;2*3-8H,1-2H3;3-6H,1-2H3;5*1-2H3. The minimum Gasteiger partial charge on any atom is -0.0683 e. The maximum Gasteiger partial charge on any atom is -0.0146 e. The van der Waals surface area contributed by atoms with Gasteiger partial charge < -0.3 is 0 Å². The highest BCUT2D eigenvalue weighted by molar-refractivity contribution is 6.00. The molecule has 0 heterocycles. The van der Waals surface area contributed by atoms with Crippen molar-refractivity contribution in [3.8, 4) is 0 Å². The summed E-state index contributed by atoms with van der Waals surface area (Å²) in [7, 11) is 0. The van der Waals surface area contributed by atoms with E-state index in [1.807, 2.05) is 69.2 Å². The highest BCUT2D eigenvalue weighted by atomic mass is 14.1. The molecule has 388 valence electrons. The van der Waals surface area contributed by atoms with Crippen LogP contribution in [-0.4, -0.2) is 0 Å². The van der Waals surface area contributed by atoms with E-state index < -0.39 is 0 Å². The van der Waals surface area contributed by atoms with Crippen LogP contribution in [-0.2, 0) is 0 Å². The van der Waals surface area contributed by atoms with E-state index in [9.17, 15) is 0 Å². The number of aryl methyl sites for hydroxylation is 10. The van der Waals surface area contributed by atoms with Crippen LogP contribution in [0.25, 0.3) is 64.6 Å². The fourth-order valence-electron chi connectivity index (χ4n) is 8.16. The monoisotopic (exact) mass is 981 g/mol. The van der Waals surface area contributed by atoms with Crippen LogP contribution < -0.4 is 0 Å². The maximum absolute atomic E-state index is 2.30. The molecule has 0 atom stereocenters. The molecule has 11 aromatic carbocycles. The molecule has 0 heteroatoms. The summed E-state index contributed by atoms with van der Waals surface area (Å²) in [6.45, 7) is 41.6. The van der Waals surface area contributed by atoms with Gasteiger partial charge in [-0.05, 0) is 214 Å². The van der Waals surface area contributed by atoms with Crippen LogP contribution in [0.2, 0.25) is 0 Å². The molecule has 0 saturated carbocycles. The Bertz CT molecular complexity index is 3230. The quantitative estimate of drug-likeness (QED) is 0.133. The maximum atomic E-state index is 2.30.